The first kappa shape index (κ1) is 15.9. The Morgan fingerprint density at radius 1 is 1.18 bits per heavy atom. The van der Waals surface area contributed by atoms with Crippen LogP contribution < -0.4 is 0 Å². The lowest BCUT2D eigenvalue weighted by molar-refractivity contribution is -0.143. The molecule has 0 aromatic rings. The van der Waals surface area contributed by atoms with Gasteiger partial charge in [-0.3, -0.25) is 4.79 Å². The van der Waals surface area contributed by atoms with Crippen LogP contribution in [-0.2, 0) is 4.79 Å². The third kappa shape index (κ3) is 6.97. The lowest BCUT2D eigenvalue weighted by Gasteiger charge is -2.11. The molecule has 0 aromatic carbocycles. The molecule has 0 N–H and O–H groups in total. The molecule has 17 heavy (non-hydrogen) atoms. The van der Waals surface area contributed by atoms with E-state index >= 15 is 0 Å². The maximum Gasteiger partial charge on any atom is 0.311 e. The van der Waals surface area contributed by atoms with Crippen molar-refractivity contribution in [2.24, 2.45) is 0 Å². The smallest absolute Gasteiger partial charge is 0.290 e. The molecule has 0 aromatic heterocycles. The van der Waals surface area contributed by atoms with E-state index in [9.17, 15) is 18.0 Å². The van der Waals surface area contributed by atoms with E-state index in [1.54, 1.807) is 6.92 Å². The van der Waals surface area contributed by atoms with Gasteiger partial charge in [-0.15, -0.1) is 0 Å². The van der Waals surface area contributed by atoms with Gasteiger partial charge >= 0.3 is 5.92 Å². The lowest BCUT2D eigenvalue weighted by Crippen LogP contribution is -2.29. The van der Waals surface area contributed by atoms with Crippen molar-refractivity contribution in [3.63, 3.8) is 0 Å². The third-order valence-electron chi connectivity index (χ3n) is 2.33. The van der Waals surface area contributed by atoms with Crippen molar-refractivity contribution in [3.05, 3.63) is 23.3 Å². The molecular formula is C13H19F3O. The molecule has 0 radical (unpaired) electrons. The Bertz CT molecular complexity index is 313. The fourth-order valence-corrected chi connectivity index (χ4v) is 1.20. The van der Waals surface area contributed by atoms with Crippen LogP contribution in [0.5, 0.6) is 0 Å². The van der Waals surface area contributed by atoms with E-state index in [1.807, 2.05) is 19.9 Å². The predicted molar refractivity (Wildman–Crippen MR) is 63.0 cm³/mol. The number of alkyl halides is 3. The third-order valence-corrected chi connectivity index (χ3v) is 2.33. The number of hydrogen-bond donors (Lipinski definition) is 0. The van der Waals surface area contributed by atoms with E-state index in [1.165, 1.54) is 11.6 Å². The Labute approximate surface area is 100 Å². The Kier molecular flexibility index (Phi) is 6.85. The normalized spacial score (nSPS) is 12.5. The molecule has 0 spiro atoms. The molecule has 4 heteroatoms. The molecule has 1 nitrogen and oxygen atoms in total. The Balaban J connectivity index is 4.23. The first-order valence-corrected chi connectivity index (χ1v) is 5.55. The highest BCUT2D eigenvalue weighted by molar-refractivity contribution is 5.86. The SMILES string of the molecule is CC(C)=CCC/C(C)=C/CC(F)(F)C(=O)CF. The summed E-state index contributed by atoms with van der Waals surface area (Å²) in [7, 11) is 0. The van der Waals surface area contributed by atoms with Gasteiger partial charge in [0.25, 0.3) is 0 Å². The van der Waals surface area contributed by atoms with Crippen LogP contribution in [0.3, 0.4) is 0 Å². The van der Waals surface area contributed by atoms with Crippen LogP contribution in [0.2, 0.25) is 0 Å². The standard InChI is InChI=1S/C13H19F3O/c1-10(2)5-4-6-11(3)7-8-13(15,16)12(17)9-14/h5,7H,4,6,8-9H2,1-3H3/b11-7+. The molecule has 0 saturated heterocycles. The first-order chi connectivity index (χ1) is 7.79. The van der Waals surface area contributed by atoms with Crippen molar-refractivity contribution in [2.45, 2.75) is 46.0 Å². The number of halogens is 3. The predicted octanol–water partition coefficient (Wildman–Crippen LogP) is 4.24. The van der Waals surface area contributed by atoms with Crippen LogP contribution in [0.25, 0.3) is 0 Å². The van der Waals surface area contributed by atoms with Gasteiger partial charge in [-0.25, -0.2) is 4.39 Å². The minimum absolute atomic E-state index is 0.672. The van der Waals surface area contributed by atoms with Crippen LogP contribution in [0.4, 0.5) is 13.2 Å². The summed E-state index contributed by atoms with van der Waals surface area (Å²) in [5.74, 6) is -5.22. The average molecular weight is 248 g/mol. The maximum absolute atomic E-state index is 13.0. The van der Waals surface area contributed by atoms with E-state index < -0.39 is 24.8 Å². The highest BCUT2D eigenvalue weighted by atomic mass is 19.3. The molecule has 0 rings (SSSR count). The molecule has 0 aliphatic carbocycles. The van der Waals surface area contributed by atoms with E-state index in [-0.39, 0.29) is 0 Å². The minimum Gasteiger partial charge on any atom is -0.290 e. The Morgan fingerprint density at radius 2 is 1.76 bits per heavy atom. The maximum atomic E-state index is 13.0. The molecule has 0 aliphatic heterocycles. The number of carbonyl (C=O) groups excluding carboxylic acids is 1. The molecule has 0 fully saturated rings. The molecule has 0 aliphatic rings. The molecule has 0 atom stereocenters. The fourth-order valence-electron chi connectivity index (χ4n) is 1.20. The van der Waals surface area contributed by atoms with E-state index in [4.69, 9.17) is 0 Å². The first-order valence-electron chi connectivity index (χ1n) is 5.55. The second-order valence-electron chi connectivity index (χ2n) is 4.34. The van der Waals surface area contributed by atoms with Gasteiger partial charge in [0.1, 0.15) is 0 Å². The summed E-state index contributed by atoms with van der Waals surface area (Å²) in [5.41, 5.74) is 1.96. The Morgan fingerprint density at radius 3 is 2.24 bits per heavy atom. The molecular weight excluding hydrogens is 229 g/mol. The number of rotatable bonds is 7. The minimum atomic E-state index is -3.58. The summed E-state index contributed by atoms with van der Waals surface area (Å²) in [6.07, 6.45) is 4.07. The van der Waals surface area contributed by atoms with E-state index in [0.717, 1.165) is 12.0 Å². The largest absolute Gasteiger partial charge is 0.311 e. The van der Waals surface area contributed by atoms with Gasteiger partial charge in [-0.2, -0.15) is 8.78 Å². The zero-order valence-corrected chi connectivity index (χ0v) is 10.5. The van der Waals surface area contributed by atoms with Gasteiger partial charge in [-0.05, 0) is 33.6 Å². The molecule has 98 valence electrons. The van der Waals surface area contributed by atoms with Crippen molar-refractivity contribution in [3.8, 4) is 0 Å². The quantitative estimate of drug-likeness (QED) is 0.616. The number of ketones is 1. The van der Waals surface area contributed by atoms with Gasteiger partial charge in [-0.1, -0.05) is 23.3 Å². The topological polar surface area (TPSA) is 17.1 Å². The zero-order chi connectivity index (χ0) is 13.5. The second kappa shape index (κ2) is 7.30. The van der Waals surface area contributed by atoms with Crippen molar-refractivity contribution < 1.29 is 18.0 Å². The van der Waals surface area contributed by atoms with Crippen molar-refractivity contribution in [1.82, 2.24) is 0 Å². The molecule has 0 saturated carbocycles. The van der Waals surface area contributed by atoms with Gasteiger partial charge in [0, 0.05) is 6.42 Å². The fraction of sp³-hybridized carbons (Fsp3) is 0.615. The summed E-state index contributed by atoms with van der Waals surface area (Å²) >= 11 is 0. The van der Waals surface area contributed by atoms with Gasteiger partial charge in [0.15, 0.2) is 6.67 Å². The van der Waals surface area contributed by atoms with Gasteiger partial charge < -0.3 is 0 Å². The van der Waals surface area contributed by atoms with Crippen LogP contribution in [0.15, 0.2) is 23.3 Å². The summed E-state index contributed by atoms with van der Waals surface area (Å²) in [5, 5.41) is 0. The highest BCUT2D eigenvalue weighted by Crippen LogP contribution is 2.22. The number of hydrogen-bond acceptors (Lipinski definition) is 1. The van der Waals surface area contributed by atoms with Crippen LogP contribution in [0, 0.1) is 0 Å². The Hall–Kier alpha value is -1.06. The monoisotopic (exact) mass is 248 g/mol. The molecule has 0 unspecified atom stereocenters. The summed E-state index contributed by atoms with van der Waals surface area (Å²) in [4.78, 5) is 10.6. The molecule has 0 bridgehead atoms. The number of allylic oxidation sites excluding steroid dienone is 4. The molecule has 0 amide bonds. The average Bonchev–Trinajstić information content (AvgIpc) is 2.24. The van der Waals surface area contributed by atoms with Crippen molar-refractivity contribution in [2.75, 3.05) is 6.67 Å². The van der Waals surface area contributed by atoms with Crippen molar-refractivity contribution >= 4 is 5.78 Å². The summed E-state index contributed by atoms with van der Waals surface area (Å²) in [6, 6.07) is 0. The van der Waals surface area contributed by atoms with Crippen LogP contribution >= 0.6 is 0 Å². The van der Waals surface area contributed by atoms with Crippen LogP contribution in [-0.4, -0.2) is 18.4 Å². The number of carbonyl (C=O) groups is 1. The number of Topliss-reactive ketones (excluding diaryl/α,β-unsaturated/α-hetero) is 1. The molecule has 0 heterocycles. The summed E-state index contributed by atoms with van der Waals surface area (Å²) < 4.78 is 37.8. The lowest BCUT2D eigenvalue weighted by atomic mass is 10.1. The van der Waals surface area contributed by atoms with Crippen molar-refractivity contribution in [1.29, 1.82) is 0 Å². The second-order valence-corrected chi connectivity index (χ2v) is 4.34. The van der Waals surface area contributed by atoms with Crippen LogP contribution in [0.1, 0.15) is 40.0 Å². The zero-order valence-electron chi connectivity index (χ0n) is 10.5. The van der Waals surface area contributed by atoms with Gasteiger partial charge in [0.2, 0.25) is 5.78 Å². The van der Waals surface area contributed by atoms with Gasteiger partial charge in [0.05, 0.1) is 0 Å². The van der Waals surface area contributed by atoms with E-state index in [2.05, 4.69) is 0 Å². The highest BCUT2D eigenvalue weighted by Gasteiger charge is 2.36. The van der Waals surface area contributed by atoms with E-state index in [0.29, 0.717) is 6.42 Å². The summed E-state index contributed by atoms with van der Waals surface area (Å²) in [6.45, 7) is 4.05.